The van der Waals surface area contributed by atoms with Crippen LogP contribution >= 0.6 is 0 Å². The highest BCUT2D eigenvalue weighted by Gasteiger charge is 2.25. The summed E-state index contributed by atoms with van der Waals surface area (Å²) < 4.78 is 11.3. The minimum Gasteiger partial charge on any atom is -0.465 e. The number of hydrogen-bond donors (Lipinski definition) is 2. The van der Waals surface area contributed by atoms with Gasteiger partial charge in [0.2, 0.25) is 0 Å². The first kappa shape index (κ1) is 10.5. The van der Waals surface area contributed by atoms with E-state index in [1.54, 1.807) is 0 Å². The van der Waals surface area contributed by atoms with Crippen LogP contribution in [0.1, 0.15) is 12.8 Å². The second kappa shape index (κ2) is 4.57. The Labute approximate surface area is 79.4 Å². The number of hydrogen-bond acceptors (Lipinski definition) is 3. The molecule has 1 heterocycles. The Hall–Kier alpha value is -0.620. The number of rotatable bonds is 2. The molecule has 0 bridgehead atoms. The van der Waals surface area contributed by atoms with Gasteiger partial charge in [0.25, 0.3) is 0 Å². The number of likely N-dealkylation sites (tertiary alicyclic amines) is 1. The van der Waals surface area contributed by atoms with Crippen molar-refractivity contribution in [1.29, 1.82) is 0 Å². The summed E-state index contributed by atoms with van der Waals surface area (Å²) in [4.78, 5) is 11.9. The lowest BCUT2D eigenvalue weighted by atomic mass is 10.1. The Kier molecular flexibility index (Phi) is 3.68. The average molecular weight is 206 g/mol. The standard InChI is InChI=1S/C7H14N2O3S/c8-5-13(12)6-1-3-9(4-2-6)7(10)11/h6H,1-5,8H2,(H,10,11). The molecule has 0 spiro atoms. The van der Waals surface area contributed by atoms with Crippen molar-refractivity contribution in [2.24, 2.45) is 5.73 Å². The number of piperidine rings is 1. The van der Waals surface area contributed by atoms with E-state index in [1.807, 2.05) is 0 Å². The molecule has 1 unspecified atom stereocenters. The minimum atomic E-state index is -0.983. The quantitative estimate of drug-likeness (QED) is 0.655. The molecule has 0 aromatic heterocycles. The van der Waals surface area contributed by atoms with Gasteiger partial charge in [-0.2, -0.15) is 0 Å². The van der Waals surface area contributed by atoms with Crippen LogP contribution in [0.25, 0.3) is 0 Å². The van der Waals surface area contributed by atoms with Gasteiger partial charge >= 0.3 is 6.09 Å². The molecule has 0 aliphatic carbocycles. The second-order valence-corrected chi connectivity index (χ2v) is 4.78. The molecule has 0 radical (unpaired) electrons. The van der Waals surface area contributed by atoms with E-state index in [4.69, 9.17) is 10.8 Å². The molecule has 5 nitrogen and oxygen atoms in total. The van der Waals surface area contributed by atoms with Gasteiger partial charge in [0, 0.05) is 29.1 Å². The van der Waals surface area contributed by atoms with E-state index in [2.05, 4.69) is 0 Å². The predicted octanol–water partition coefficient (Wildman–Crippen LogP) is -0.206. The monoisotopic (exact) mass is 206 g/mol. The van der Waals surface area contributed by atoms with Crippen molar-refractivity contribution < 1.29 is 14.1 Å². The SMILES string of the molecule is NCS(=O)C1CCN(C(=O)O)CC1. The minimum absolute atomic E-state index is 0.0839. The topological polar surface area (TPSA) is 83.6 Å². The summed E-state index contributed by atoms with van der Waals surface area (Å²) in [6.45, 7) is 0.956. The first-order valence-corrected chi connectivity index (χ1v) is 5.58. The highest BCUT2D eigenvalue weighted by Crippen LogP contribution is 2.15. The van der Waals surface area contributed by atoms with Gasteiger partial charge in [-0.1, -0.05) is 0 Å². The van der Waals surface area contributed by atoms with E-state index in [9.17, 15) is 9.00 Å². The lowest BCUT2D eigenvalue weighted by Crippen LogP contribution is -2.41. The van der Waals surface area contributed by atoms with Crippen LogP contribution in [0.4, 0.5) is 4.79 Å². The van der Waals surface area contributed by atoms with Crippen LogP contribution in [0.3, 0.4) is 0 Å². The average Bonchev–Trinajstić information content (AvgIpc) is 2.17. The van der Waals surface area contributed by atoms with Crippen molar-refractivity contribution in [1.82, 2.24) is 4.90 Å². The van der Waals surface area contributed by atoms with Crippen LogP contribution in [-0.4, -0.2) is 44.5 Å². The Morgan fingerprint density at radius 3 is 2.46 bits per heavy atom. The van der Waals surface area contributed by atoms with Crippen molar-refractivity contribution in [3.63, 3.8) is 0 Å². The number of carbonyl (C=O) groups is 1. The summed E-state index contributed by atoms with van der Waals surface area (Å²) in [5, 5.41) is 8.73. The molecule has 1 aliphatic rings. The molecule has 6 heteroatoms. The van der Waals surface area contributed by atoms with Crippen molar-refractivity contribution in [3.8, 4) is 0 Å². The maximum Gasteiger partial charge on any atom is 0.407 e. The summed E-state index contributed by atoms with van der Waals surface area (Å²) >= 11 is 0. The van der Waals surface area contributed by atoms with Crippen LogP contribution in [0.5, 0.6) is 0 Å². The van der Waals surface area contributed by atoms with Gasteiger partial charge in [-0.3, -0.25) is 4.21 Å². The lowest BCUT2D eigenvalue weighted by Gasteiger charge is -2.28. The highest BCUT2D eigenvalue weighted by atomic mass is 32.2. The largest absolute Gasteiger partial charge is 0.465 e. The number of carboxylic acid groups (broad SMARTS) is 1. The summed E-state index contributed by atoms with van der Waals surface area (Å²) in [7, 11) is -0.983. The maximum atomic E-state index is 11.3. The van der Waals surface area contributed by atoms with Gasteiger partial charge in [0.05, 0.1) is 5.88 Å². The first-order chi connectivity index (χ1) is 6.15. The molecule has 1 fully saturated rings. The molecule has 3 N–H and O–H groups in total. The molecular formula is C7H14N2O3S. The van der Waals surface area contributed by atoms with Crippen molar-refractivity contribution in [3.05, 3.63) is 0 Å². The van der Waals surface area contributed by atoms with E-state index in [-0.39, 0.29) is 11.1 Å². The molecule has 13 heavy (non-hydrogen) atoms. The van der Waals surface area contributed by atoms with Gasteiger partial charge in [-0.15, -0.1) is 0 Å². The van der Waals surface area contributed by atoms with Crippen LogP contribution in [0.15, 0.2) is 0 Å². The van der Waals surface area contributed by atoms with Crippen LogP contribution < -0.4 is 5.73 Å². The van der Waals surface area contributed by atoms with Crippen molar-refractivity contribution in [2.75, 3.05) is 19.0 Å². The summed E-state index contributed by atoms with van der Waals surface area (Å²) in [5.41, 5.74) is 5.27. The predicted molar refractivity (Wildman–Crippen MR) is 49.8 cm³/mol. The Bertz CT molecular complexity index is 214. The molecule has 1 atom stereocenters. The Balaban J connectivity index is 2.39. The fourth-order valence-corrected chi connectivity index (χ4v) is 2.45. The molecule has 1 saturated heterocycles. The van der Waals surface area contributed by atoms with Crippen molar-refractivity contribution >= 4 is 16.9 Å². The van der Waals surface area contributed by atoms with E-state index >= 15 is 0 Å². The number of nitrogens with two attached hydrogens (primary N) is 1. The molecular weight excluding hydrogens is 192 g/mol. The van der Waals surface area contributed by atoms with Crippen LogP contribution in [0, 0.1) is 0 Å². The van der Waals surface area contributed by atoms with Gasteiger partial charge in [-0.25, -0.2) is 4.79 Å². The number of amides is 1. The molecule has 1 aliphatic heterocycles. The zero-order valence-corrected chi connectivity index (χ0v) is 8.13. The fraction of sp³-hybridized carbons (Fsp3) is 0.857. The van der Waals surface area contributed by atoms with E-state index in [0.29, 0.717) is 25.9 Å². The van der Waals surface area contributed by atoms with E-state index < -0.39 is 16.9 Å². The third-order valence-corrected chi connectivity index (χ3v) is 3.79. The lowest BCUT2D eigenvalue weighted by molar-refractivity contribution is 0.136. The van der Waals surface area contributed by atoms with Crippen LogP contribution in [0.2, 0.25) is 0 Å². The zero-order valence-electron chi connectivity index (χ0n) is 7.31. The zero-order chi connectivity index (χ0) is 9.84. The molecule has 1 amide bonds. The first-order valence-electron chi connectivity index (χ1n) is 4.20. The highest BCUT2D eigenvalue weighted by molar-refractivity contribution is 7.85. The van der Waals surface area contributed by atoms with E-state index in [1.165, 1.54) is 4.90 Å². The van der Waals surface area contributed by atoms with Gasteiger partial charge in [-0.05, 0) is 12.8 Å². The maximum absolute atomic E-state index is 11.3. The van der Waals surface area contributed by atoms with Crippen LogP contribution in [-0.2, 0) is 10.8 Å². The number of nitrogens with zero attached hydrogens (tertiary/aromatic N) is 1. The molecule has 0 saturated carbocycles. The summed E-state index contributed by atoms with van der Waals surface area (Å²) in [5.74, 6) is 0.178. The van der Waals surface area contributed by atoms with Gasteiger partial charge < -0.3 is 15.7 Å². The molecule has 1 rings (SSSR count). The smallest absolute Gasteiger partial charge is 0.407 e. The Morgan fingerprint density at radius 2 is 2.08 bits per heavy atom. The fourth-order valence-electron chi connectivity index (χ4n) is 1.45. The Morgan fingerprint density at radius 1 is 1.54 bits per heavy atom. The van der Waals surface area contributed by atoms with Crippen molar-refractivity contribution in [2.45, 2.75) is 18.1 Å². The summed E-state index contributed by atoms with van der Waals surface area (Å²) in [6.07, 6.45) is 0.434. The summed E-state index contributed by atoms with van der Waals surface area (Å²) in [6, 6.07) is 0. The molecule has 0 aromatic rings. The van der Waals surface area contributed by atoms with E-state index in [0.717, 1.165) is 0 Å². The van der Waals surface area contributed by atoms with Gasteiger partial charge in [0.1, 0.15) is 0 Å². The third kappa shape index (κ3) is 2.67. The third-order valence-electron chi connectivity index (χ3n) is 2.25. The normalized spacial score (nSPS) is 21.5. The molecule has 0 aromatic carbocycles. The van der Waals surface area contributed by atoms with Gasteiger partial charge in [0.15, 0.2) is 0 Å². The molecule has 76 valence electrons. The second-order valence-electron chi connectivity index (χ2n) is 3.02.